The molecule has 2 aromatic carbocycles. The summed E-state index contributed by atoms with van der Waals surface area (Å²) in [7, 11) is 1.80. The van der Waals surface area contributed by atoms with Crippen LogP contribution in [-0.2, 0) is 24.2 Å². The zero-order valence-corrected chi connectivity index (χ0v) is 15.2. The Hall–Kier alpha value is -2.95. The molecule has 0 spiro atoms. The summed E-state index contributed by atoms with van der Waals surface area (Å²) in [5.74, 6) is 0.572. The number of amides is 1. The van der Waals surface area contributed by atoms with Crippen LogP contribution in [0.15, 0.2) is 53.3 Å². The maximum atomic E-state index is 12.4. The van der Waals surface area contributed by atoms with Gasteiger partial charge in [0.2, 0.25) is 5.91 Å². The minimum Gasteiger partial charge on any atom is -0.341 e. The van der Waals surface area contributed by atoms with Crippen molar-refractivity contribution in [2.24, 2.45) is 0 Å². The van der Waals surface area contributed by atoms with E-state index in [9.17, 15) is 9.59 Å². The summed E-state index contributed by atoms with van der Waals surface area (Å²) in [6, 6.07) is 15.5. The van der Waals surface area contributed by atoms with Crippen LogP contribution >= 0.6 is 0 Å². The number of H-pyrrole nitrogens is 1. The summed E-state index contributed by atoms with van der Waals surface area (Å²) in [5.41, 5.74) is 2.88. The molecule has 0 fully saturated rings. The van der Waals surface area contributed by atoms with Crippen molar-refractivity contribution in [2.75, 3.05) is 7.05 Å². The number of aromatic nitrogens is 2. The Kier molecular flexibility index (Phi) is 5.46. The summed E-state index contributed by atoms with van der Waals surface area (Å²) in [6.07, 6.45) is 1.73. The molecule has 5 nitrogen and oxygen atoms in total. The second-order valence-corrected chi connectivity index (χ2v) is 6.45. The lowest BCUT2D eigenvalue weighted by Gasteiger charge is -2.17. The fourth-order valence-corrected chi connectivity index (χ4v) is 2.91. The molecule has 1 aromatic heterocycles. The lowest BCUT2D eigenvalue weighted by atomic mass is 10.1. The van der Waals surface area contributed by atoms with Crippen LogP contribution in [0, 0.1) is 0 Å². The Balaban J connectivity index is 1.61. The van der Waals surface area contributed by atoms with Crippen LogP contribution in [0.3, 0.4) is 0 Å². The van der Waals surface area contributed by atoms with E-state index in [1.165, 1.54) is 5.56 Å². The highest BCUT2D eigenvalue weighted by Gasteiger charge is 2.11. The second kappa shape index (κ2) is 7.95. The topological polar surface area (TPSA) is 66.1 Å². The molecular formula is C21H23N3O2. The SMILES string of the molecule is CCc1ccc(CN(C)C(=O)CCc2nc3ccccc3c(=O)[nH]2)cc1. The lowest BCUT2D eigenvalue weighted by molar-refractivity contribution is -0.130. The van der Waals surface area contributed by atoms with E-state index in [0.29, 0.717) is 36.1 Å². The standard InChI is InChI=1S/C21H23N3O2/c1-3-15-8-10-16(11-9-15)14-24(2)20(25)13-12-19-22-18-7-5-4-6-17(18)21(26)23-19/h4-11H,3,12-14H2,1-2H3,(H,22,23,26). The van der Waals surface area contributed by atoms with Crippen molar-refractivity contribution >= 4 is 16.8 Å². The number of fused-ring (bicyclic) bond motifs is 1. The molecule has 1 heterocycles. The van der Waals surface area contributed by atoms with Gasteiger partial charge in [0.25, 0.3) is 5.56 Å². The van der Waals surface area contributed by atoms with Gasteiger partial charge in [-0.2, -0.15) is 0 Å². The molecule has 3 aromatic rings. The van der Waals surface area contributed by atoms with Gasteiger partial charge in [-0.3, -0.25) is 9.59 Å². The zero-order valence-electron chi connectivity index (χ0n) is 15.2. The Morgan fingerprint density at radius 3 is 2.50 bits per heavy atom. The maximum absolute atomic E-state index is 12.4. The summed E-state index contributed by atoms with van der Waals surface area (Å²) in [5, 5.41) is 0.565. The van der Waals surface area contributed by atoms with Gasteiger partial charge in [0.1, 0.15) is 5.82 Å². The summed E-state index contributed by atoms with van der Waals surface area (Å²) in [6.45, 7) is 2.69. The van der Waals surface area contributed by atoms with Crippen LogP contribution < -0.4 is 5.56 Å². The largest absolute Gasteiger partial charge is 0.341 e. The molecule has 5 heteroatoms. The first kappa shape index (κ1) is 17.9. The number of aryl methyl sites for hydroxylation is 2. The van der Waals surface area contributed by atoms with E-state index in [1.807, 2.05) is 18.2 Å². The molecular weight excluding hydrogens is 326 g/mol. The van der Waals surface area contributed by atoms with Crippen molar-refractivity contribution in [2.45, 2.75) is 32.7 Å². The molecule has 0 atom stereocenters. The highest BCUT2D eigenvalue weighted by atomic mass is 16.2. The number of rotatable bonds is 6. The predicted molar refractivity (Wildman–Crippen MR) is 103 cm³/mol. The average Bonchev–Trinajstić information content (AvgIpc) is 2.66. The fourth-order valence-electron chi connectivity index (χ4n) is 2.91. The maximum Gasteiger partial charge on any atom is 0.258 e. The highest BCUT2D eigenvalue weighted by molar-refractivity contribution is 5.78. The Morgan fingerprint density at radius 2 is 1.77 bits per heavy atom. The minimum absolute atomic E-state index is 0.0281. The van der Waals surface area contributed by atoms with Crippen LogP contribution in [0.5, 0.6) is 0 Å². The number of carbonyl (C=O) groups excluding carboxylic acids is 1. The number of hydrogen-bond acceptors (Lipinski definition) is 3. The Labute approximate surface area is 152 Å². The normalized spacial score (nSPS) is 10.8. The number of benzene rings is 2. The monoisotopic (exact) mass is 349 g/mol. The van der Waals surface area contributed by atoms with Crippen LogP contribution in [0.25, 0.3) is 10.9 Å². The molecule has 134 valence electrons. The van der Waals surface area contributed by atoms with Gasteiger partial charge in [0.15, 0.2) is 0 Å². The first-order valence-corrected chi connectivity index (χ1v) is 8.86. The number of para-hydroxylation sites is 1. The van der Waals surface area contributed by atoms with E-state index in [4.69, 9.17) is 0 Å². The van der Waals surface area contributed by atoms with Crippen molar-refractivity contribution in [1.29, 1.82) is 0 Å². The third-order valence-electron chi connectivity index (χ3n) is 4.51. The van der Waals surface area contributed by atoms with E-state index < -0.39 is 0 Å². The first-order valence-electron chi connectivity index (χ1n) is 8.86. The molecule has 26 heavy (non-hydrogen) atoms. The average molecular weight is 349 g/mol. The van der Waals surface area contributed by atoms with Crippen LogP contribution in [-0.4, -0.2) is 27.8 Å². The van der Waals surface area contributed by atoms with Crippen LogP contribution in [0.4, 0.5) is 0 Å². The van der Waals surface area contributed by atoms with Crippen molar-refractivity contribution in [3.63, 3.8) is 0 Å². The predicted octanol–water partition coefficient (Wildman–Crippen LogP) is 3.08. The van der Waals surface area contributed by atoms with E-state index in [0.717, 1.165) is 12.0 Å². The smallest absolute Gasteiger partial charge is 0.258 e. The number of hydrogen-bond donors (Lipinski definition) is 1. The molecule has 0 bridgehead atoms. The van der Waals surface area contributed by atoms with Crippen molar-refractivity contribution < 1.29 is 4.79 Å². The number of nitrogens with zero attached hydrogens (tertiary/aromatic N) is 2. The molecule has 0 saturated carbocycles. The van der Waals surface area contributed by atoms with Gasteiger partial charge in [0.05, 0.1) is 10.9 Å². The van der Waals surface area contributed by atoms with E-state index >= 15 is 0 Å². The molecule has 0 aliphatic carbocycles. The quantitative estimate of drug-likeness (QED) is 0.744. The third kappa shape index (κ3) is 4.17. The van der Waals surface area contributed by atoms with Gasteiger partial charge in [-0.05, 0) is 29.7 Å². The van der Waals surface area contributed by atoms with Gasteiger partial charge in [-0.25, -0.2) is 4.98 Å². The van der Waals surface area contributed by atoms with Crippen molar-refractivity contribution in [3.8, 4) is 0 Å². The van der Waals surface area contributed by atoms with Crippen molar-refractivity contribution in [3.05, 3.63) is 75.8 Å². The molecule has 0 saturated heterocycles. The van der Waals surface area contributed by atoms with E-state index in [1.54, 1.807) is 18.0 Å². The Morgan fingerprint density at radius 1 is 1.08 bits per heavy atom. The van der Waals surface area contributed by atoms with E-state index in [2.05, 4.69) is 41.2 Å². The van der Waals surface area contributed by atoms with Gasteiger partial charge < -0.3 is 9.88 Å². The summed E-state index contributed by atoms with van der Waals surface area (Å²) >= 11 is 0. The van der Waals surface area contributed by atoms with Gasteiger partial charge in [-0.15, -0.1) is 0 Å². The van der Waals surface area contributed by atoms with Gasteiger partial charge in [-0.1, -0.05) is 43.3 Å². The van der Waals surface area contributed by atoms with Gasteiger partial charge in [0, 0.05) is 26.4 Å². The number of aromatic amines is 1. The molecule has 3 rings (SSSR count). The van der Waals surface area contributed by atoms with Crippen LogP contribution in [0.1, 0.15) is 30.3 Å². The number of carbonyl (C=O) groups is 1. The first-order chi connectivity index (χ1) is 12.6. The third-order valence-corrected chi connectivity index (χ3v) is 4.51. The second-order valence-electron chi connectivity index (χ2n) is 6.45. The molecule has 0 aliphatic rings. The fraction of sp³-hybridized carbons (Fsp3) is 0.286. The molecule has 0 unspecified atom stereocenters. The van der Waals surface area contributed by atoms with Gasteiger partial charge >= 0.3 is 0 Å². The number of nitrogens with one attached hydrogen (secondary N) is 1. The van der Waals surface area contributed by atoms with Crippen LogP contribution in [0.2, 0.25) is 0 Å². The molecule has 1 amide bonds. The highest BCUT2D eigenvalue weighted by Crippen LogP contribution is 2.10. The molecule has 1 N–H and O–H groups in total. The lowest BCUT2D eigenvalue weighted by Crippen LogP contribution is -2.26. The summed E-state index contributed by atoms with van der Waals surface area (Å²) < 4.78 is 0. The van der Waals surface area contributed by atoms with E-state index in [-0.39, 0.29) is 11.5 Å². The molecule has 0 radical (unpaired) electrons. The zero-order chi connectivity index (χ0) is 18.5. The Bertz CT molecular complexity index is 961. The van der Waals surface area contributed by atoms with Crippen molar-refractivity contribution in [1.82, 2.24) is 14.9 Å². The summed E-state index contributed by atoms with van der Waals surface area (Å²) in [4.78, 5) is 33.4. The minimum atomic E-state index is -0.164. The molecule has 0 aliphatic heterocycles.